The van der Waals surface area contributed by atoms with E-state index in [1.807, 2.05) is 6.07 Å². The summed E-state index contributed by atoms with van der Waals surface area (Å²) in [6.45, 7) is -0.000118. The molecule has 2 aromatic rings. The van der Waals surface area contributed by atoms with Crippen molar-refractivity contribution in [2.75, 3.05) is 48.7 Å². The van der Waals surface area contributed by atoms with Crippen molar-refractivity contribution in [1.82, 2.24) is 5.32 Å². The van der Waals surface area contributed by atoms with Gasteiger partial charge in [0.25, 0.3) is 0 Å². The lowest BCUT2D eigenvalue weighted by atomic mass is 10.1. The second-order valence-electron chi connectivity index (χ2n) is 6.75. The Bertz CT molecular complexity index is 864. The summed E-state index contributed by atoms with van der Waals surface area (Å²) >= 11 is 0. The number of amides is 1. The predicted molar refractivity (Wildman–Crippen MR) is 118 cm³/mol. The molecule has 0 saturated carbocycles. The Morgan fingerprint density at radius 3 is 2.00 bits per heavy atom. The molecule has 1 unspecified atom stereocenters. The number of hydrogen-bond acceptors (Lipinski definition) is 8. The van der Waals surface area contributed by atoms with Crippen LogP contribution in [-0.2, 0) is 11.2 Å². The first kappa shape index (κ1) is 24.9. The lowest BCUT2D eigenvalue weighted by Gasteiger charge is -2.17. The van der Waals surface area contributed by atoms with Crippen molar-refractivity contribution in [1.29, 1.82) is 0 Å². The van der Waals surface area contributed by atoms with Gasteiger partial charge in [0.2, 0.25) is 17.4 Å². The number of aliphatic hydroxyl groups is 1. The average molecular weight is 450 g/mol. The van der Waals surface area contributed by atoms with Gasteiger partial charge in [-0.2, -0.15) is 0 Å². The number of carbonyl (C=O) groups is 1. The molecule has 0 saturated heterocycles. The number of para-hydroxylation sites is 1. The van der Waals surface area contributed by atoms with E-state index in [1.165, 1.54) is 28.4 Å². The minimum Gasteiger partial charge on any atom is -0.493 e. The summed E-state index contributed by atoms with van der Waals surface area (Å²) in [4.78, 5) is 12.3. The molecule has 2 rings (SSSR count). The van der Waals surface area contributed by atoms with Gasteiger partial charge in [0, 0.05) is 13.0 Å². The number of ether oxygens (including phenoxy) is 6. The summed E-state index contributed by atoms with van der Waals surface area (Å²) < 4.78 is 32.2. The van der Waals surface area contributed by atoms with Gasteiger partial charge < -0.3 is 38.8 Å². The van der Waals surface area contributed by atoms with E-state index in [2.05, 4.69) is 5.32 Å². The van der Waals surface area contributed by atoms with Crippen molar-refractivity contribution in [3.05, 3.63) is 35.9 Å². The fraction of sp³-hybridized carbons (Fsp3) is 0.435. The Morgan fingerprint density at radius 1 is 0.844 bits per heavy atom. The Kier molecular flexibility index (Phi) is 9.75. The van der Waals surface area contributed by atoms with Crippen LogP contribution < -0.4 is 33.7 Å². The van der Waals surface area contributed by atoms with Crippen LogP contribution in [0.4, 0.5) is 0 Å². The highest BCUT2D eigenvalue weighted by molar-refractivity contribution is 5.76. The fourth-order valence-electron chi connectivity index (χ4n) is 3.13. The van der Waals surface area contributed by atoms with E-state index in [4.69, 9.17) is 28.4 Å². The maximum absolute atomic E-state index is 12.3. The van der Waals surface area contributed by atoms with Gasteiger partial charge in [-0.3, -0.25) is 4.79 Å². The zero-order valence-electron chi connectivity index (χ0n) is 19.1. The van der Waals surface area contributed by atoms with Gasteiger partial charge in [-0.25, -0.2) is 0 Å². The summed E-state index contributed by atoms with van der Waals surface area (Å²) in [7, 11) is 7.65. The molecule has 0 aliphatic heterocycles. The molecule has 1 amide bonds. The van der Waals surface area contributed by atoms with Crippen molar-refractivity contribution in [2.45, 2.75) is 18.9 Å². The fourth-order valence-corrected chi connectivity index (χ4v) is 3.13. The van der Waals surface area contributed by atoms with Crippen molar-refractivity contribution < 1.29 is 38.3 Å². The second-order valence-corrected chi connectivity index (χ2v) is 6.75. The van der Waals surface area contributed by atoms with Gasteiger partial charge in [0.15, 0.2) is 23.0 Å². The number of methoxy groups -OCH3 is 5. The highest BCUT2D eigenvalue weighted by Gasteiger charge is 2.17. The maximum atomic E-state index is 12.3. The molecule has 2 aromatic carbocycles. The zero-order valence-corrected chi connectivity index (χ0v) is 19.1. The third-order valence-electron chi connectivity index (χ3n) is 4.74. The van der Waals surface area contributed by atoms with Crippen molar-refractivity contribution in [2.24, 2.45) is 0 Å². The molecule has 1 atom stereocenters. The van der Waals surface area contributed by atoms with Gasteiger partial charge in [-0.15, -0.1) is 0 Å². The topological polar surface area (TPSA) is 105 Å². The summed E-state index contributed by atoms with van der Waals surface area (Å²) in [5.41, 5.74) is 0.812. The van der Waals surface area contributed by atoms with Crippen LogP contribution in [0.5, 0.6) is 34.5 Å². The van der Waals surface area contributed by atoms with E-state index < -0.39 is 6.10 Å². The Morgan fingerprint density at radius 2 is 1.44 bits per heavy atom. The second kappa shape index (κ2) is 12.5. The van der Waals surface area contributed by atoms with E-state index in [9.17, 15) is 9.90 Å². The van der Waals surface area contributed by atoms with Crippen molar-refractivity contribution in [3.63, 3.8) is 0 Å². The number of hydrogen-bond donors (Lipinski definition) is 2. The zero-order chi connectivity index (χ0) is 23.5. The number of carbonyl (C=O) groups excluding carboxylic acids is 1. The van der Waals surface area contributed by atoms with Crippen molar-refractivity contribution >= 4 is 5.91 Å². The Hall–Kier alpha value is -3.33. The highest BCUT2D eigenvalue weighted by atomic mass is 16.5. The lowest BCUT2D eigenvalue weighted by Crippen LogP contribution is -2.35. The van der Waals surface area contributed by atoms with Crippen LogP contribution in [0.2, 0.25) is 0 Å². The first-order valence-corrected chi connectivity index (χ1v) is 10.0. The number of benzene rings is 2. The van der Waals surface area contributed by atoms with Gasteiger partial charge in [-0.05, 0) is 30.2 Å². The smallest absolute Gasteiger partial charge is 0.220 e. The van der Waals surface area contributed by atoms with E-state index >= 15 is 0 Å². The van der Waals surface area contributed by atoms with E-state index in [1.54, 1.807) is 31.4 Å². The third-order valence-corrected chi connectivity index (χ3v) is 4.74. The van der Waals surface area contributed by atoms with E-state index in [0.717, 1.165) is 5.56 Å². The summed E-state index contributed by atoms with van der Waals surface area (Å²) in [6.07, 6.45) is -0.274. The Balaban J connectivity index is 1.86. The summed E-state index contributed by atoms with van der Waals surface area (Å²) in [5.74, 6) is 2.71. The largest absolute Gasteiger partial charge is 0.493 e. The molecule has 0 spiro atoms. The quantitative estimate of drug-likeness (QED) is 0.480. The maximum Gasteiger partial charge on any atom is 0.220 e. The molecule has 0 heterocycles. The normalized spacial score (nSPS) is 11.3. The molecule has 0 aromatic heterocycles. The molecule has 0 bridgehead atoms. The van der Waals surface area contributed by atoms with Crippen LogP contribution in [0, 0.1) is 0 Å². The van der Waals surface area contributed by atoms with Crippen molar-refractivity contribution in [3.8, 4) is 34.5 Å². The van der Waals surface area contributed by atoms with Crippen LogP contribution >= 0.6 is 0 Å². The van der Waals surface area contributed by atoms with Gasteiger partial charge in [0.1, 0.15) is 12.7 Å². The van der Waals surface area contributed by atoms with Gasteiger partial charge in [-0.1, -0.05) is 12.1 Å². The minimum absolute atomic E-state index is 0.0410. The van der Waals surface area contributed by atoms with Crippen LogP contribution in [-0.4, -0.2) is 65.8 Å². The summed E-state index contributed by atoms with van der Waals surface area (Å²) in [5, 5.41) is 12.9. The predicted octanol–water partition coefficient (Wildman–Crippen LogP) is 2.22. The van der Waals surface area contributed by atoms with Crippen LogP contribution in [0.1, 0.15) is 12.0 Å². The van der Waals surface area contributed by atoms with Gasteiger partial charge in [0.05, 0.1) is 35.5 Å². The first-order valence-electron chi connectivity index (χ1n) is 10.0. The average Bonchev–Trinajstić information content (AvgIpc) is 2.83. The molecule has 176 valence electrons. The molecule has 32 heavy (non-hydrogen) atoms. The van der Waals surface area contributed by atoms with Crippen LogP contribution in [0.25, 0.3) is 0 Å². The number of nitrogens with one attached hydrogen (secondary N) is 1. The minimum atomic E-state index is -0.913. The molecule has 0 aliphatic carbocycles. The van der Waals surface area contributed by atoms with Crippen LogP contribution in [0.3, 0.4) is 0 Å². The van der Waals surface area contributed by atoms with Crippen LogP contribution in [0.15, 0.2) is 30.3 Å². The first-order chi connectivity index (χ1) is 15.5. The number of aliphatic hydroxyl groups excluding tert-OH is 1. The Labute approximate surface area is 188 Å². The molecule has 9 heteroatoms. The monoisotopic (exact) mass is 449 g/mol. The lowest BCUT2D eigenvalue weighted by molar-refractivity contribution is -0.121. The third kappa shape index (κ3) is 6.34. The summed E-state index contributed by atoms with van der Waals surface area (Å²) in [6, 6.07) is 8.83. The molecule has 9 nitrogen and oxygen atoms in total. The van der Waals surface area contributed by atoms with E-state index in [-0.39, 0.29) is 25.5 Å². The molecule has 0 radical (unpaired) electrons. The molecular formula is C23H31NO8. The molecule has 0 fully saturated rings. The molecular weight excluding hydrogens is 418 g/mol. The number of rotatable bonds is 13. The molecule has 2 N–H and O–H groups in total. The molecule has 0 aliphatic rings. The highest BCUT2D eigenvalue weighted by Crippen LogP contribution is 2.40. The number of aryl methyl sites for hydroxylation is 1. The standard InChI is InChI=1S/C23H31NO8/c1-27-17-7-6-8-18(28-2)22(17)32-14-16(25)13-24-20(26)12-10-15-9-11-19(29-3)23(31-5)21(15)30-4/h6-9,11,16,25H,10,12-14H2,1-5H3,(H,24,26). The SMILES string of the molecule is COc1cccc(OC)c1OCC(O)CNC(=O)CCc1ccc(OC)c(OC)c1OC. The van der Waals surface area contributed by atoms with E-state index in [0.29, 0.717) is 40.9 Å². The van der Waals surface area contributed by atoms with Gasteiger partial charge >= 0.3 is 0 Å².